The molecule has 0 amide bonds. The van der Waals surface area contributed by atoms with Crippen LogP contribution in [0.25, 0.3) is 10.8 Å². The molecule has 3 aromatic carbocycles. The lowest BCUT2D eigenvalue weighted by Gasteiger charge is -2.33. The van der Waals surface area contributed by atoms with E-state index in [4.69, 9.17) is 4.74 Å². The van der Waals surface area contributed by atoms with Crippen LogP contribution in [0.3, 0.4) is 0 Å². The third-order valence-electron chi connectivity index (χ3n) is 4.79. The van der Waals surface area contributed by atoms with Gasteiger partial charge in [0.15, 0.2) is 5.75 Å². The van der Waals surface area contributed by atoms with E-state index in [1.54, 1.807) is 18.2 Å². The predicted octanol–water partition coefficient (Wildman–Crippen LogP) is 4.65. The first-order chi connectivity index (χ1) is 12.2. The summed E-state index contributed by atoms with van der Waals surface area (Å²) < 4.78 is 19.2. The van der Waals surface area contributed by atoms with Crippen molar-refractivity contribution < 1.29 is 14.2 Å². The molecular weight excluding hydrogens is 317 g/mol. The summed E-state index contributed by atoms with van der Waals surface area (Å²) in [7, 11) is 0. The SMILES string of the molecule is [O]c1cc(C2CNCCC2Oc2ccc(F)cc2)cc2ccccc12. The van der Waals surface area contributed by atoms with Crippen molar-refractivity contribution >= 4 is 10.8 Å². The van der Waals surface area contributed by atoms with Crippen LogP contribution in [0.2, 0.25) is 0 Å². The minimum absolute atomic E-state index is 0.0409. The molecule has 127 valence electrons. The number of hydrogen-bond acceptors (Lipinski definition) is 2. The summed E-state index contributed by atoms with van der Waals surface area (Å²) in [5, 5.41) is 17.5. The van der Waals surface area contributed by atoms with Crippen LogP contribution in [-0.4, -0.2) is 19.2 Å². The minimum atomic E-state index is -0.278. The highest BCUT2D eigenvalue weighted by atomic mass is 19.1. The molecule has 1 aliphatic heterocycles. The lowest BCUT2D eigenvalue weighted by atomic mass is 9.87. The molecule has 1 saturated heterocycles. The van der Waals surface area contributed by atoms with Crippen LogP contribution in [0.4, 0.5) is 4.39 Å². The van der Waals surface area contributed by atoms with Crippen molar-refractivity contribution in [1.82, 2.24) is 5.32 Å². The minimum Gasteiger partial charge on any atom is -0.490 e. The van der Waals surface area contributed by atoms with Gasteiger partial charge in [-0.25, -0.2) is 4.39 Å². The molecule has 0 spiro atoms. The number of ether oxygens (including phenoxy) is 1. The largest absolute Gasteiger partial charge is 0.490 e. The first-order valence-electron chi connectivity index (χ1n) is 8.53. The summed E-state index contributed by atoms with van der Waals surface area (Å²) >= 11 is 0. The van der Waals surface area contributed by atoms with Gasteiger partial charge in [-0.15, -0.1) is 0 Å². The maximum absolute atomic E-state index is 13.1. The van der Waals surface area contributed by atoms with Gasteiger partial charge in [0.25, 0.3) is 0 Å². The Morgan fingerprint density at radius 1 is 1.04 bits per heavy atom. The predicted molar refractivity (Wildman–Crippen MR) is 95.1 cm³/mol. The molecule has 4 rings (SSSR count). The van der Waals surface area contributed by atoms with Crippen molar-refractivity contribution in [3.63, 3.8) is 0 Å². The van der Waals surface area contributed by atoms with Crippen LogP contribution in [0.5, 0.6) is 11.5 Å². The van der Waals surface area contributed by atoms with Crippen LogP contribution < -0.4 is 10.1 Å². The van der Waals surface area contributed by atoms with E-state index in [-0.39, 0.29) is 23.6 Å². The van der Waals surface area contributed by atoms with Gasteiger partial charge in [-0.05, 0) is 54.2 Å². The van der Waals surface area contributed by atoms with E-state index in [0.717, 1.165) is 35.8 Å². The van der Waals surface area contributed by atoms with Gasteiger partial charge < -0.3 is 10.1 Å². The monoisotopic (exact) mass is 336 g/mol. The highest BCUT2D eigenvalue weighted by Crippen LogP contribution is 2.34. The topological polar surface area (TPSA) is 41.2 Å². The molecule has 1 aliphatic rings. The van der Waals surface area contributed by atoms with Gasteiger partial charge in [-0.2, -0.15) is 0 Å². The Balaban J connectivity index is 1.65. The van der Waals surface area contributed by atoms with Crippen molar-refractivity contribution in [2.45, 2.75) is 18.4 Å². The van der Waals surface area contributed by atoms with Crippen molar-refractivity contribution in [3.05, 3.63) is 72.0 Å². The van der Waals surface area contributed by atoms with Gasteiger partial charge >= 0.3 is 0 Å². The third kappa shape index (κ3) is 3.30. The average molecular weight is 336 g/mol. The summed E-state index contributed by atoms with van der Waals surface area (Å²) in [6.45, 7) is 1.61. The normalized spacial score (nSPS) is 20.5. The molecule has 3 aromatic rings. The second-order valence-electron chi connectivity index (χ2n) is 6.45. The quantitative estimate of drug-likeness (QED) is 0.756. The summed E-state index contributed by atoms with van der Waals surface area (Å²) in [6.07, 6.45) is 0.788. The maximum atomic E-state index is 13.1. The Morgan fingerprint density at radius 3 is 2.68 bits per heavy atom. The second-order valence-corrected chi connectivity index (χ2v) is 6.45. The Kier molecular flexibility index (Phi) is 4.28. The highest BCUT2D eigenvalue weighted by molar-refractivity contribution is 5.88. The fourth-order valence-electron chi connectivity index (χ4n) is 3.51. The van der Waals surface area contributed by atoms with Crippen LogP contribution in [0, 0.1) is 5.82 Å². The molecule has 0 saturated carbocycles. The van der Waals surface area contributed by atoms with Crippen LogP contribution in [0.15, 0.2) is 60.7 Å². The van der Waals surface area contributed by atoms with Crippen molar-refractivity contribution in [1.29, 1.82) is 0 Å². The van der Waals surface area contributed by atoms with E-state index in [0.29, 0.717) is 5.75 Å². The molecule has 0 aliphatic carbocycles. The Hall–Kier alpha value is -2.59. The summed E-state index contributed by atoms with van der Waals surface area (Å²) in [5.41, 5.74) is 0.989. The maximum Gasteiger partial charge on any atom is 0.186 e. The molecule has 4 heteroatoms. The van der Waals surface area contributed by atoms with E-state index >= 15 is 0 Å². The fraction of sp³-hybridized carbons (Fsp3) is 0.238. The van der Waals surface area contributed by atoms with E-state index in [1.165, 1.54) is 12.1 Å². The third-order valence-corrected chi connectivity index (χ3v) is 4.79. The molecular formula is C21H19FNO2. The van der Waals surface area contributed by atoms with E-state index in [1.807, 2.05) is 24.3 Å². The Bertz CT molecular complexity index is 879. The molecule has 2 unspecified atom stereocenters. The van der Waals surface area contributed by atoms with Gasteiger partial charge in [0.2, 0.25) is 0 Å². The van der Waals surface area contributed by atoms with Gasteiger partial charge in [0.1, 0.15) is 17.7 Å². The first kappa shape index (κ1) is 15.9. The van der Waals surface area contributed by atoms with Gasteiger partial charge in [-0.3, -0.25) is 5.11 Å². The fourth-order valence-corrected chi connectivity index (χ4v) is 3.51. The number of nitrogens with one attached hydrogen (secondary N) is 1. The molecule has 2 atom stereocenters. The van der Waals surface area contributed by atoms with Crippen molar-refractivity contribution in [2.24, 2.45) is 0 Å². The van der Waals surface area contributed by atoms with E-state index in [2.05, 4.69) is 11.4 Å². The summed E-state index contributed by atoms with van der Waals surface area (Å²) in [6, 6.07) is 17.5. The lowest BCUT2D eigenvalue weighted by molar-refractivity contribution is 0.138. The molecule has 1 radical (unpaired) electrons. The number of benzene rings is 3. The smallest absolute Gasteiger partial charge is 0.186 e. The number of fused-ring (bicyclic) bond motifs is 1. The molecule has 0 aromatic heterocycles. The van der Waals surface area contributed by atoms with Gasteiger partial charge in [0, 0.05) is 17.8 Å². The molecule has 1 heterocycles. The van der Waals surface area contributed by atoms with E-state index in [9.17, 15) is 9.50 Å². The zero-order valence-corrected chi connectivity index (χ0v) is 13.7. The van der Waals surface area contributed by atoms with E-state index < -0.39 is 0 Å². The lowest BCUT2D eigenvalue weighted by Crippen LogP contribution is -2.41. The number of piperidine rings is 1. The van der Waals surface area contributed by atoms with Crippen LogP contribution in [0.1, 0.15) is 17.9 Å². The van der Waals surface area contributed by atoms with Gasteiger partial charge in [-0.1, -0.05) is 30.3 Å². The molecule has 1 N–H and O–H groups in total. The van der Waals surface area contributed by atoms with Crippen LogP contribution in [-0.2, 0) is 5.11 Å². The molecule has 3 nitrogen and oxygen atoms in total. The van der Waals surface area contributed by atoms with Crippen molar-refractivity contribution in [2.75, 3.05) is 13.1 Å². The average Bonchev–Trinajstić information content (AvgIpc) is 2.64. The summed E-state index contributed by atoms with van der Waals surface area (Å²) in [4.78, 5) is 0. The Morgan fingerprint density at radius 2 is 1.84 bits per heavy atom. The zero-order valence-electron chi connectivity index (χ0n) is 13.7. The summed E-state index contributed by atoms with van der Waals surface area (Å²) in [5.74, 6) is 0.497. The number of halogens is 1. The second kappa shape index (κ2) is 6.73. The molecule has 1 fully saturated rings. The highest BCUT2D eigenvalue weighted by Gasteiger charge is 2.29. The number of hydrogen-bond donors (Lipinski definition) is 1. The van der Waals surface area contributed by atoms with Crippen molar-refractivity contribution in [3.8, 4) is 11.5 Å². The zero-order chi connectivity index (χ0) is 17.2. The first-order valence-corrected chi connectivity index (χ1v) is 8.53. The van der Waals surface area contributed by atoms with Gasteiger partial charge in [0.05, 0.1) is 0 Å². The standard InChI is InChI=1S/C21H19FNO2/c22-16-5-7-17(8-6-16)25-21-9-10-23-13-19(21)15-11-14-3-1-2-4-18(14)20(24)12-15/h1-8,11-12,19,21,23H,9-10,13H2. The Labute approximate surface area is 146 Å². The molecule has 0 bridgehead atoms. The number of rotatable bonds is 3. The van der Waals surface area contributed by atoms with Crippen LogP contribution >= 0.6 is 0 Å². The molecule has 25 heavy (non-hydrogen) atoms.